The fourth-order valence-electron chi connectivity index (χ4n) is 3.77. The highest BCUT2D eigenvalue weighted by molar-refractivity contribution is 5.79. The van der Waals surface area contributed by atoms with Gasteiger partial charge in [-0.1, -0.05) is 30.3 Å². The molecular weight excluding hydrogens is 348 g/mol. The second-order valence-corrected chi connectivity index (χ2v) is 7.66. The van der Waals surface area contributed by atoms with Crippen LogP contribution in [0.25, 0.3) is 0 Å². The topological polar surface area (TPSA) is 48.9 Å². The van der Waals surface area contributed by atoms with Gasteiger partial charge in [-0.15, -0.1) is 0 Å². The minimum Gasteiger partial charge on any atom is -0.382 e. The molecule has 28 heavy (non-hydrogen) atoms. The first kappa shape index (κ1) is 22.7. The van der Waals surface area contributed by atoms with Crippen LogP contribution in [0.1, 0.15) is 44.6 Å². The third-order valence-electron chi connectivity index (χ3n) is 5.45. The van der Waals surface area contributed by atoms with Crippen molar-refractivity contribution < 1.29 is 4.74 Å². The number of aliphatic imine (C=N–C) groups is 1. The van der Waals surface area contributed by atoms with Crippen LogP contribution < -0.4 is 10.6 Å². The van der Waals surface area contributed by atoms with Crippen LogP contribution in [-0.2, 0) is 11.2 Å². The zero-order chi connectivity index (χ0) is 19.9. The van der Waals surface area contributed by atoms with Crippen molar-refractivity contribution in [1.29, 1.82) is 0 Å². The minimum atomic E-state index is 0.789. The van der Waals surface area contributed by atoms with Crippen LogP contribution in [0.4, 0.5) is 0 Å². The van der Waals surface area contributed by atoms with Crippen molar-refractivity contribution in [2.24, 2.45) is 10.9 Å². The van der Waals surface area contributed by atoms with Crippen LogP contribution in [0.2, 0.25) is 0 Å². The number of nitrogens with one attached hydrogen (secondary N) is 2. The van der Waals surface area contributed by atoms with E-state index in [1.165, 1.54) is 57.3 Å². The normalized spacial score (nSPS) is 16.3. The van der Waals surface area contributed by atoms with E-state index in [0.29, 0.717) is 0 Å². The molecule has 0 atom stereocenters. The Bertz CT molecular complexity index is 527. The fourth-order valence-corrected chi connectivity index (χ4v) is 3.77. The summed E-state index contributed by atoms with van der Waals surface area (Å²) in [6.45, 7) is 9.25. The highest BCUT2D eigenvalue weighted by atomic mass is 16.5. The lowest BCUT2D eigenvalue weighted by atomic mass is 9.90. The van der Waals surface area contributed by atoms with Crippen LogP contribution >= 0.6 is 0 Å². The Hall–Kier alpha value is -1.59. The lowest BCUT2D eigenvalue weighted by molar-refractivity contribution is 0.145. The summed E-state index contributed by atoms with van der Waals surface area (Å²) in [6, 6.07) is 10.9. The fraction of sp³-hybridized carbons (Fsp3) is 0.696. The molecule has 2 N–H and O–H groups in total. The molecule has 1 aromatic carbocycles. The first-order valence-corrected chi connectivity index (χ1v) is 11.1. The monoisotopic (exact) mass is 388 g/mol. The summed E-state index contributed by atoms with van der Waals surface area (Å²) < 4.78 is 5.35. The predicted molar refractivity (Wildman–Crippen MR) is 119 cm³/mol. The van der Waals surface area contributed by atoms with Crippen LogP contribution in [-0.4, -0.2) is 63.8 Å². The van der Waals surface area contributed by atoms with E-state index in [4.69, 9.17) is 4.74 Å². The van der Waals surface area contributed by atoms with Gasteiger partial charge in [0.2, 0.25) is 0 Å². The van der Waals surface area contributed by atoms with Crippen LogP contribution in [0.3, 0.4) is 0 Å². The predicted octanol–water partition coefficient (Wildman–Crippen LogP) is 3.31. The molecule has 158 valence electrons. The molecule has 0 amide bonds. The number of piperidine rings is 1. The minimum absolute atomic E-state index is 0.789. The summed E-state index contributed by atoms with van der Waals surface area (Å²) in [5.74, 6) is 1.76. The van der Waals surface area contributed by atoms with Gasteiger partial charge in [0.25, 0.3) is 0 Å². The standard InChI is InChI=1S/C23H40N4O/c1-3-28-19-9-15-26-23(24-2)25-14-7-8-16-27-17-12-22(13-18-27)20-21-10-5-4-6-11-21/h4-6,10-11,22H,3,7-9,12-20H2,1-2H3,(H2,24,25,26). The largest absolute Gasteiger partial charge is 0.382 e. The SMILES string of the molecule is CCOCCCNC(=NC)NCCCCN1CCC(Cc2ccccc2)CC1. The summed E-state index contributed by atoms with van der Waals surface area (Å²) in [7, 11) is 1.83. The number of hydrogen-bond donors (Lipinski definition) is 2. The lowest BCUT2D eigenvalue weighted by Crippen LogP contribution is -2.39. The second-order valence-electron chi connectivity index (χ2n) is 7.66. The summed E-state index contributed by atoms with van der Waals surface area (Å²) in [4.78, 5) is 6.92. The van der Waals surface area contributed by atoms with E-state index in [1.807, 2.05) is 14.0 Å². The zero-order valence-electron chi connectivity index (χ0n) is 18.0. The van der Waals surface area contributed by atoms with Gasteiger partial charge in [0.05, 0.1) is 0 Å². The number of ether oxygens (including phenoxy) is 1. The van der Waals surface area contributed by atoms with Gasteiger partial charge in [-0.05, 0) is 76.6 Å². The average molecular weight is 389 g/mol. The van der Waals surface area contributed by atoms with Crippen molar-refractivity contribution in [1.82, 2.24) is 15.5 Å². The zero-order valence-corrected chi connectivity index (χ0v) is 18.0. The summed E-state index contributed by atoms with van der Waals surface area (Å²) in [6.07, 6.45) is 7.36. The van der Waals surface area contributed by atoms with E-state index in [-0.39, 0.29) is 0 Å². The van der Waals surface area contributed by atoms with Crippen molar-refractivity contribution in [3.8, 4) is 0 Å². The summed E-state index contributed by atoms with van der Waals surface area (Å²) >= 11 is 0. The van der Waals surface area contributed by atoms with Gasteiger partial charge in [-0.2, -0.15) is 0 Å². The van der Waals surface area contributed by atoms with Gasteiger partial charge < -0.3 is 20.3 Å². The Morgan fingerprint density at radius 2 is 1.79 bits per heavy atom. The molecule has 2 rings (SSSR count). The number of likely N-dealkylation sites (tertiary alicyclic amines) is 1. The number of rotatable bonds is 12. The summed E-state index contributed by atoms with van der Waals surface area (Å²) in [5, 5.41) is 6.75. The van der Waals surface area contributed by atoms with Gasteiger partial charge >= 0.3 is 0 Å². The van der Waals surface area contributed by atoms with Crippen molar-refractivity contribution in [3.05, 3.63) is 35.9 Å². The van der Waals surface area contributed by atoms with Crippen molar-refractivity contribution in [3.63, 3.8) is 0 Å². The quantitative estimate of drug-likeness (QED) is 0.328. The Morgan fingerprint density at radius 1 is 1.07 bits per heavy atom. The van der Waals surface area contributed by atoms with Crippen molar-refractivity contribution in [2.45, 2.75) is 45.4 Å². The molecule has 1 saturated heterocycles. The molecule has 0 unspecified atom stereocenters. The lowest BCUT2D eigenvalue weighted by Gasteiger charge is -2.32. The maximum absolute atomic E-state index is 5.35. The number of unbranched alkanes of at least 4 members (excludes halogenated alkanes) is 1. The van der Waals surface area contributed by atoms with Crippen molar-refractivity contribution >= 4 is 5.96 Å². The van der Waals surface area contributed by atoms with Crippen molar-refractivity contribution in [2.75, 3.05) is 53.0 Å². The average Bonchev–Trinajstić information content (AvgIpc) is 2.74. The Labute approximate surface area is 171 Å². The highest BCUT2D eigenvalue weighted by Crippen LogP contribution is 2.21. The maximum atomic E-state index is 5.35. The first-order chi connectivity index (χ1) is 13.8. The molecular formula is C23H40N4O. The van der Waals surface area contributed by atoms with Crippen LogP contribution in [0, 0.1) is 5.92 Å². The Balaban J connectivity index is 1.47. The molecule has 1 aliphatic heterocycles. The second kappa shape index (κ2) is 14.4. The third kappa shape index (κ3) is 9.56. The van der Waals surface area contributed by atoms with E-state index in [2.05, 4.69) is 50.9 Å². The highest BCUT2D eigenvalue weighted by Gasteiger charge is 2.18. The first-order valence-electron chi connectivity index (χ1n) is 11.1. The van der Waals surface area contributed by atoms with Gasteiger partial charge in [0.15, 0.2) is 5.96 Å². The van der Waals surface area contributed by atoms with E-state index in [9.17, 15) is 0 Å². The number of guanidine groups is 1. The molecule has 0 saturated carbocycles. The number of nitrogens with zero attached hydrogens (tertiary/aromatic N) is 2. The Morgan fingerprint density at radius 3 is 2.46 bits per heavy atom. The number of hydrogen-bond acceptors (Lipinski definition) is 3. The molecule has 5 nitrogen and oxygen atoms in total. The Kier molecular flexibility index (Phi) is 11.7. The molecule has 1 heterocycles. The smallest absolute Gasteiger partial charge is 0.190 e. The van der Waals surface area contributed by atoms with E-state index < -0.39 is 0 Å². The molecule has 5 heteroatoms. The summed E-state index contributed by atoms with van der Waals surface area (Å²) in [5.41, 5.74) is 1.49. The van der Waals surface area contributed by atoms with Gasteiger partial charge in [0.1, 0.15) is 0 Å². The van der Waals surface area contributed by atoms with E-state index in [1.54, 1.807) is 0 Å². The third-order valence-corrected chi connectivity index (χ3v) is 5.45. The maximum Gasteiger partial charge on any atom is 0.190 e. The molecule has 1 fully saturated rings. The van der Waals surface area contributed by atoms with Gasteiger partial charge in [0, 0.05) is 33.4 Å². The molecule has 0 spiro atoms. The van der Waals surface area contributed by atoms with E-state index >= 15 is 0 Å². The molecule has 0 radical (unpaired) electrons. The molecule has 1 aliphatic rings. The van der Waals surface area contributed by atoms with Gasteiger partial charge in [-0.25, -0.2) is 0 Å². The molecule has 0 aliphatic carbocycles. The number of benzene rings is 1. The van der Waals surface area contributed by atoms with Crippen LogP contribution in [0.15, 0.2) is 35.3 Å². The van der Waals surface area contributed by atoms with E-state index in [0.717, 1.165) is 44.6 Å². The molecule has 0 aromatic heterocycles. The molecule has 0 bridgehead atoms. The van der Waals surface area contributed by atoms with Gasteiger partial charge in [-0.3, -0.25) is 4.99 Å². The van der Waals surface area contributed by atoms with Crippen LogP contribution in [0.5, 0.6) is 0 Å². The molecule has 1 aromatic rings.